The van der Waals surface area contributed by atoms with Gasteiger partial charge in [0.15, 0.2) is 8.32 Å². The third-order valence-corrected chi connectivity index (χ3v) is 13.9. The van der Waals surface area contributed by atoms with Gasteiger partial charge >= 0.3 is 0 Å². The summed E-state index contributed by atoms with van der Waals surface area (Å²) in [7, 11) is -2.00. The minimum Gasteiger partial charge on any atom is -0.410 e. The molecule has 1 spiro atoms. The molecule has 0 unspecified atom stereocenters. The van der Waals surface area contributed by atoms with E-state index in [2.05, 4.69) is 79.8 Å². The molecule has 3 nitrogen and oxygen atoms in total. The third-order valence-electron chi connectivity index (χ3n) is 9.40. The maximum atomic E-state index is 7.31. The highest BCUT2D eigenvalue weighted by molar-refractivity contribution is 6.74. The lowest BCUT2D eigenvalue weighted by molar-refractivity contribution is -0.0579. The van der Waals surface area contributed by atoms with Crippen molar-refractivity contribution in [3.63, 3.8) is 0 Å². The summed E-state index contributed by atoms with van der Waals surface area (Å²) in [5.74, 6) is 0.340. The molecule has 0 amide bonds. The Morgan fingerprint density at radius 1 is 1.08 bits per heavy atom. The summed E-state index contributed by atoms with van der Waals surface area (Å²) in [5, 5.41) is 0.161. The quantitative estimate of drug-likeness (QED) is 0.389. The average Bonchev–Trinajstić information content (AvgIpc) is 3.37. The van der Waals surface area contributed by atoms with Crippen LogP contribution in [0.5, 0.6) is 0 Å². The van der Waals surface area contributed by atoms with Crippen LogP contribution in [0.25, 0.3) is 0 Å². The lowest BCUT2D eigenvalue weighted by atomic mass is 9.70. The molecule has 5 rings (SSSR count). The van der Waals surface area contributed by atoms with Crippen LogP contribution in [0.4, 0.5) is 0 Å². The number of pyridine rings is 1. The van der Waals surface area contributed by atoms with Crippen molar-refractivity contribution < 1.29 is 9.16 Å². The summed E-state index contributed by atoms with van der Waals surface area (Å²) in [5.41, 5.74) is 7.87. The molecular formula is C32H46NO2Si. The van der Waals surface area contributed by atoms with Crippen LogP contribution < -0.4 is 0 Å². The van der Waals surface area contributed by atoms with Gasteiger partial charge in [-0.3, -0.25) is 4.98 Å². The molecule has 1 aromatic heterocycles. The predicted octanol–water partition coefficient (Wildman–Crippen LogP) is 8.93. The monoisotopic (exact) mass is 504 g/mol. The van der Waals surface area contributed by atoms with Crippen LogP contribution in [0.2, 0.25) is 18.1 Å². The molecule has 1 radical (unpaired) electrons. The van der Waals surface area contributed by atoms with E-state index < -0.39 is 8.32 Å². The summed E-state index contributed by atoms with van der Waals surface area (Å²) in [6.07, 6.45) is 6.71. The second-order valence-electron chi connectivity index (χ2n) is 14.2. The van der Waals surface area contributed by atoms with Gasteiger partial charge in [0.2, 0.25) is 0 Å². The highest BCUT2D eigenvalue weighted by Crippen LogP contribution is 2.60. The SMILES string of the molecule is CC(C)c1nc2c(c3c1[C@@H](c1cc[c]cc1)OC31CCCC1)[C@@H](O[Si](C)(C)C(C)(C)C)CC(C)(C)C2. The Labute approximate surface area is 220 Å². The first-order chi connectivity index (χ1) is 16.7. The number of aromatic nitrogens is 1. The van der Waals surface area contributed by atoms with Gasteiger partial charge in [-0.2, -0.15) is 0 Å². The third kappa shape index (κ3) is 4.31. The summed E-state index contributed by atoms with van der Waals surface area (Å²) in [6, 6.07) is 11.6. The molecule has 36 heavy (non-hydrogen) atoms. The second kappa shape index (κ2) is 8.78. The maximum Gasteiger partial charge on any atom is 0.192 e. The first-order valence-corrected chi connectivity index (χ1v) is 17.0. The highest BCUT2D eigenvalue weighted by atomic mass is 28.4. The molecule has 2 atom stereocenters. The largest absolute Gasteiger partial charge is 0.410 e. The molecule has 0 bridgehead atoms. The molecule has 4 heteroatoms. The van der Waals surface area contributed by atoms with E-state index in [-0.39, 0.29) is 28.3 Å². The maximum absolute atomic E-state index is 7.31. The Balaban J connectivity index is 1.78. The topological polar surface area (TPSA) is 31.4 Å². The predicted molar refractivity (Wildman–Crippen MR) is 150 cm³/mol. The van der Waals surface area contributed by atoms with Gasteiger partial charge in [0.05, 0.1) is 11.7 Å². The van der Waals surface area contributed by atoms with Gasteiger partial charge in [-0.1, -0.05) is 85.6 Å². The van der Waals surface area contributed by atoms with E-state index in [1.54, 1.807) is 0 Å². The molecule has 1 aliphatic heterocycles. The van der Waals surface area contributed by atoms with Crippen LogP contribution in [0.1, 0.15) is 132 Å². The molecule has 0 N–H and O–H groups in total. The first kappa shape index (κ1) is 26.1. The van der Waals surface area contributed by atoms with Gasteiger partial charge in [0, 0.05) is 22.5 Å². The number of hydrogen-bond donors (Lipinski definition) is 0. The Hall–Kier alpha value is -1.49. The van der Waals surface area contributed by atoms with Crippen molar-refractivity contribution >= 4 is 8.32 Å². The summed E-state index contributed by atoms with van der Waals surface area (Å²) in [6.45, 7) is 21.2. The van der Waals surface area contributed by atoms with E-state index in [1.807, 2.05) is 12.1 Å². The number of nitrogens with zero attached hydrogens (tertiary/aromatic N) is 1. The molecule has 2 heterocycles. The van der Waals surface area contributed by atoms with Crippen molar-refractivity contribution in [3.8, 4) is 0 Å². The zero-order chi connectivity index (χ0) is 26.1. The smallest absolute Gasteiger partial charge is 0.192 e. The number of fused-ring (bicyclic) bond motifs is 4. The van der Waals surface area contributed by atoms with Crippen LogP contribution in [0, 0.1) is 11.5 Å². The molecular weight excluding hydrogens is 458 g/mol. The van der Waals surface area contributed by atoms with E-state index >= 15 is 0 Å². The van der Waals surface area contributed by atoms with Crippen molar-refractivity contribution in [2.24, 2.45) is 5.41 Å². The first-order valence-electron chi connectivity index (χ1n) is 14.1. The molecule has 2 aliphatic carbocycles. The van der Waals surface area contributed by atoms with Crippen molar-refractivity contribution in [2.75, 3.05) is 0 Å². The minimum absolute atomic E-state index is 0.0636. The van der Waals surface area contributed by atoms with Crippen molar-refractivity contribution in [3.05, 3.63) is 64.0 Å². The standard InChI is InChI=1S/C32H46NO2Si/c1-21(2)28-26-27(32(17-13-14-18-32)34-29(26)22-15-11-10-12-16-22)25-23(33-28)19-31(6,7)20-24(25)35-36(8,9)30(3,4)5/h11-12,15-16,21,24,29H,13-14,17-20H2,1-9H3/t24-,29+/m0/s1. The second-order valence-corrected chi connectivity index (χ2v) is 19.0. The summed E-state index contributed by atoms with van der Waals surface area (Å²) >= 11 is 0. The van der Waals surface area contributed by atoms with Gasteiger partial charge in [0.25, 0.3) is 0 Å². The fourth-order valence-electron chi connectivity index (χ4n) is 6.59. The van der Waals surface area contributed by atoms with Crippen molar-refractivity contribution in [1.82, 2.24) is 4.98 Å². The zero-order valence-electron chi connectivity index (χ0n) is 24.0. The lowest BCUT2D eigenvalue weighted by Gasteiger charge is -2.45. The van der Waals surface area contributed by atoms with Gasteiger partial charge in [-0.25, -0.2) is 0 Å². The fourth-order valence-corrected chi connectivity index (χ4v) is 7.86. The van der Waals surface area contributed by atoms with E-state index in [0.717, 1.165) is 25.7 Å². The fraction of sp³-hybridized carbons (Fsp3) is 0.656. The van der Waals surface area contributed by atoms with Crippen LogP contribution >= 0.6 is 0 Å². The molecule has 1 aromatic carbocycles. The van der Waals surface area contributed by atoms with E-state index in [9.17, 15) is 0 Å². The Morgan fingerprint density at radius 2 is 1.72 bits per heavy atom. The average molecular weight is 505 g/mol. The number of hydrogen-bond acceptors (Lipinski definition) is 3. The molecule has 3 aliphatic rings. The van der Waals surface area contributed by atoms with Gasteiger partial charge in [-0.05, 0) is 72.3 Å². The van der Waals surface area contributed by atoms with Gasteiger partial charge < -0.3 is 9.16 Å². The summed E-state index contributed by atoms with van der Waals surface area (Å²) < 4.78 is 14.5. The van der Waals surface area contributed by atoms with Crippen molar-refractivity contribution in [1.29, 1.82) is 0 Å². The van der Waals surface area contributed by atoms with Crippen molar-refractivity contribution in [2.45, 2.75) is 129 Å². The molecule has 195 valence electrons. The van der Waals surface area contributed by atoms with E-state index in [1.165, 1.54) is 46.5 Å². The van der Waals surface area contributed by atoms with Crippen LogP contribution in [-0.4, -0.2) is 13.3 Å². The number of rotatable bonds is 4. The van der Waals surface area contributed by atoms with Crippen LogP contribution in [-0.2, 0) is 21.2 Å². The molecule has 1 saturated carbocycles. The number of ether oxygens (including phenoxy) is 1. The van der Waals surface area contributed by atoms with Gasteiger partial charge in [-0.15, -0.1) is 0 Å². The van der Waals surface area contributed by atoms with E-state index in [0.29, 0.717) is 5.92 Å². The minimum atomic E-state index is -2.00. The highest BCUT2D eigenvalue weighted by Gasteiger charge is 2.54. The molecule has 0 saturated heterocycles. The molecule has 1 fully saturated rings. The number of benzene rings is 1. The van der Waals surface area contributed by atoms with Crippen LogP contribution in [0.15, 0.2) is 24.3 Å². The Kier molecular flexibility index (Phi) is 6.37. The zero-order valence-corrected chi connectivity index (χ0v) is 25.0. The summed E-state index contributed by atoms with van der Waals surface area (Å²) in [4.78, 5) is 5.50. The lowest BCUT2D eigenvalue weighted by Crippen LogP contribution is -2.44. The van der Waals surface area contributed by atoms with E-state index in [4.69, 9.17) is 14.1 Å². The van der Waals surface area contributed by atoms with Crippen LogP contribution in [0.3, 0.4) is 0 Å². The normalized spacial score (nSPS) is 24.8. The molecule has 2 aromatic rings. The Morgan fingerprint density at radius 3 is 2.31 bits per heavy atom. The Bertz CT molecular complexity index is 1120. The van der Waals surface area contributed by atoms with Gasteiger partial charge in [0.1, 0.15) is 6.10 Å².